The maximum Gasteiger partial charge on any atom is 0.407 e. The fourth-order valence-corrected chi connectivity index (χ4v) is 5.87. The highest BCUT2D eigenvalue weighted by Gasteiger charge is 2.65. The van der Waals surface area contributed by atoms with Crippen molar-refractivity contribution in [2.45, 2.75) is 57.0 Å². The van der Waals surface area contributed by atoms with Gasteiger partial charge in [-0.25, -0.2) is 4.79 Å². The van der Waals surface area contributed by atoms with Crippen LogP contribution in [0, 0.1) is 11.3 Å². The highest BCUT2D eigenvalue weighted by Crippen LogP contribution is 2.63. The molecule has 2 saturated carbocycles. The zero-order valence-corrected chi connectivity index (χ0v) is 19.3. The van der Waals surface area contributed by atoms with E-state index in [1.165, 1.54) is 22.3 Å². The van der Waals surface area contributed by atoms with E-state index in [4.69, 9.17) is 9.84 Å². The van der Waals surface area contributed by atoms with E-state index in [0.717, 1.165) is 12.8 Å². The molecule has 3 aliphatic rings. The molecule has 0 aromatic heterocycles. The second-order valence-corrected chi connectivity index (χ2v) is 9.97. The lowest BCUT2D eigenvalue weighted by atomic mass is 9.98. The monoisotopic (exact) mass is 462 g/mol. The van der Waals surface area contributed by atoms with E-state index < -0.39 is 17.5 Å². The first kappa shape index (κ1) is 22.4. The Bertz CT molecular complexity index is 1090. The number of amides is 2. The standard InChI is InChI=1S/C27H30N2O5/c1-16(10-11-24(30)31)28-25(32)27-13-17(27)12-18(14-27)29-26(33)34-15-23-21-8-4-2-6-19(21)20-7-3-5-9-22(20)23/h2-9,16-18,23H,10-15H2,1H3,(H,28,32)(H,29,33)(H,30,31). The molecule has 34 heavy (non-hydrogen) atoms. The van der Waals surface area contributed by atoms with Gasteiger partial charge in [-0.2, -0.15) is 0 Å². The number of hydrogen-bond acceptors (Lipinski definition) is 4. The number of rotatable bonds is 8. The number of carbonyl (C=O) groups is 3. The van der Waals surface area contributed by atoms with Gasteiger partial charge < -0.3 is 20.5 Å². The van der Waals surface area contributed by atoms with Crippen molar-refractivity contribution in [3.63, 3.8) is 0 Å². The summed E-state index contributed by atoms with van der Waals surface area (Å²) in [5.41, 5.74) is 4.29. The van der Waals surface area contributed by atoms with Crippen molar-refractivity contribution in [1.29, 1.82) is 0 Å². The second-order valence-electron chi connectivity index (χ2n) is 9.97. The van der Waals surface area contributed by atoms with E-state index in [1.54, 1.807) is 0 Å². The lowest BCUT2D eigenvalue weighted by molar-refractivity contribution is -0.137. The van der Waals surface area contributed by atoms with Crippen LogP contribution in [0.4, 0.5) is 4.79 Å². The van der Waals surface area contributed by atoms with E-state index in [9.17, 15) is 14.4 Å². The average molecular weight is 463 g/mol. The summed E-state index contributed by atoms with van der Waals surface area (Å²) in [6.45, 7) is 2.10. The number of benzene rings is 2. The number of alkyl carbamates (subject to hydrolysis) is 1. The van der Waals surface area contributed by atoms with Gasteiger partial charge in [0.1, 0.15) is 6.61 Å². The van der Waals surface area contributed by atoms with Gasteiger partial charge >= 0.3 is 12.1 Å². The Balaban J connectivity index is 1.14. The summed E-state index contributed by atoms with van der Waals surface area (Å²) in [5, 5.41) is 14.8. The molecule has 4 unspecified atom stereocenters. The number of carbonyl (C=O) groups excluding carboxylic acids is 2. The summed E-state index contributed by atoms with van der Waals surface area (Å²) in [5.74, 6) is -0.610. The molecule has 3 aliphatic carbocycles. The molecule has 7 nitrogen and oxygen atoms in total. The molecule has 2 amide bonds. The van der Waals surface area contributed by atoms with Gasteiger partial charge in [-0.15, -0.1) is 0 Å². The molecule has 4 atom stereocenters. The number of nitrogens with one attached hydrogen (secondary N) is 2. The highest BCUT2D eigenvalue weighted by atomic mass is 16.5. The van der Waals surface area contributed by atoms with Gasteiger partial charge in [0.15, 0.2) is 0 Å². The summed E-state index contributed by atoms with van der Waals surface area (Å²) < 4.78 is 5.66. The molecular formula is C27H30N2O5. The highest BCUT2D eigenvalue weighted by molar-refractivity contribution is 5.87. The Kier molecular flexibility index (Phi) is 5.80. The largest absolute Gasteiger partial charge is 0.481 e. The van der Waals surface area contributed by atoms with Gasteiger partial charge in [-0.05, 0) is 60.8 Å². The number of ether oxygens (including phenoxy) is 1. The molecule has 3 N–H and O–H groups in total. The van der Waals surface area contributed by atoms with Crippen LogP contribution < -0.4 is 10.6 Å². The minimum atomic E-state index is -0.864. The first-order valence-corrected chi connectivity index (χ1v) is 12.0. The second kappa shape index (κ2) is 8.78. The number of carboxylic acids is 1. The maximum absolute atomic E-state index is 12.8. The molecule has 0 saturated heterocycles. The zero-order chi connectivity index (χ0) is 23.9. The fourth-order valence-electron chi connectivity index (χ4n) is 5.87. The van der Waals surface area contributed by atoms with Gasteiger partial charge in [0.2, 0.25) is 5.91 Å². The molecule has 7 heteroatoms. The molecule has 2 aromatic carbocycles. The quantitative estimate of drug-likeness (QED) is 0.549. The predicted molar refractivity (Wildman–Crippen MR) is 126 cm³/mol. The molecule has 178 valence electrons. The third kappa shape index (κ3) is 4.15. The SMILES string of the molecule is CC(CCC(=O)O)NC(=O)C12CC(NC(=O)OCC3c4ccccc4-c4ccccc43)CC1C2. The molecule has 0 aliphatic heterocycles. The third-order valence-corrected chi connectivity index (χ3v) is 7.70. The van der Waals surface area contributed by atoms with Gasteiger partial charge in [0, 0.05) is 24.4 Å². The summed E-state index contributed by atoms with van der Waals surface area (Å²) in [6.07, 6.45) is 2.18. The number of hydrogen-bond donors (Lipinski definition) is 3. The first-order valence-electron chi connectivity index (χ1n) is 12.0. The summed E-state index contributed by atoms with van der Waals surface area (Å²) in [7, 11) is 0. The van der Waals surface area contributed by atoms with E-state index >= 15 is 0 Å². The Labute approximate surface area is 198 Å². The van der Waals surface area contributed by atoms with Crippen molar-refractivity contribution in [3.8, 4) is 11.1 Å². The van der Waals surface area contributed by atoms with Crippen LogP contribution in [0.5, 0.6) is 0 Å². The van der Waals surface area contributed by atoms with E-state index in [1.807, 2.05) is 31.2 Å². The summed E-state index contributed by atoms with van der Waals surface area (Å²) in [4.78, 5) is 36.2. The number of carboxylic acid groups (broad SMARTS) is 1. The third-order valence-electron chi connectivity index (χ3n) is 7.70. The molecule has 2 fully saturated rings. The van der Waals surface area contributed by atoms with Crippen molar-refractivity contribution in [2.75, 3.05) is 6.61 Å². The Morgan fingerprint density at radius 1 is 1.06 bits per heavy atom. The molecule has 0 bridgehead atoms. The number of fused-ring (bicyclic) bond motifs is 4. The molecule has 2 aromatic rings. The Morgan fingerprint density at radius 3 is 2.35 bits per heavy atom. The minimum absolute atomic E-state index is 0.0135. The Hall–Kier alpha value is -3.35. The Morgan fingerprint density at radius 2 is 1.71 bits per heavy atom. The van der Waals surface area contributed by atoms with E-state index in [-0.39, 0.29) is 42.9 Å². The van der Waals surface area contributed by atoms with Crippen LogP contribution in [0.1, 0.15) is 56.1 Å². The molecular weight excluding hydrogens is 432 g/mol. The molecule has 0 radical (unpaired) electrons. The van der Waals surface area contributed by atoms with Crippen LogP contribution in [0.15, 0.2) is 48.5 Å². The lowest BCUT2D eigenvalue weighted by Crippen LogP contribution is -2.41. The van der Waals surface area contributed by atoms with E-state index in [0.29, 0.717) is 12.8 Å². The predicted octanol–water partition coefficient (Wildman–Crippen LogP) is 4.06. The maximum atomic E-state index is 12.8. The van der Waals surface area contributed by atoms with Gasteiger partial charge in [0.05, 0.1) is 5.41 Å². The normalized spacial score (nSPS) is 25.0. The molecule has 5 rings (SSSR count). The van der Waals surface area contributed by atoms with Crippen LogP contribution in [0.2, 0.25) is 0 Å². The van der Waals surface area contributed by atoms with Crippen molar-refractivity contribution >= 4 is 18.0 Å². The van der Waals surface area contributed by atoms with Crippen LogP contribution in [-0.4, -0.2) is 41.8 Å². The molecule has 0 spiro atoms. The topological polar surface area (TPSA) is 105 Å². The zero-order valence-electron chi connectivity index (χ0n) is 19.3. The summed E-state index contributed by atoms with van der Waals surface area (Å²) >= 11 is 0. The van der Waals surface area contributed by atoms with Crippen molar-refractivity contribution in [1.82, 2.24) is 10.6 Å². The average Bonchev–Trinajstić information content (AvgIpc) is 3.25. The minimum Gasteiger partial charge on any atom is -0.481 e. The number of aliphatic carboxylic acids is 1. The van der Waals surface area contributed by atoms with Crippen LogP contribution in [0.25, 0.3) is 11.1 Å². The first-order chi connectivity index (χ1) is 16.4. The van der Waals surface area contributed by atoms with Crippen molar-refractivity contribution in [2.24, 2.45) is 11.3 Å². The van der Waals surface area contributed by atoms with E-state index in [2.05, 4.69) is 34.9 Å². The van der Waals surface area contributed by atoms with Crippen LogP contribution in [0.3, 0.4) is 0 Å². The van der Waals surface area contributed by atoms with Gasteiger partial charge in [-0.3, -0.25) is 9.59 Å². The van der Waals surface area contributed by atoms with Gasteiger partial charge in [0.25, 0.3) is 0 Å². The van der Waals surface area contributed by atoms with Crippen LogP contribution >= 0.6 is 0 Å². The van der Waals surface area contributed by atoms with Crippen molar-refractivity contribution in [3.05, 3.63) is 59.7 Å². The van der Waals surface area contributed by atoms with Gasteiger partial charge in [-0.1, -0.05) is 48.5 Å². The van der Waals surface area contributed by atoms with Crippen molar-refractivity contribution < 1.29 is 24.2 Å². The van der Waals surface area contributed by atoms with Crippen LogP contribution in [-0.2, 0) is 14.3 Å². The lowest BCUT2D eigenvalue weighted by Gasteiger charge is -2.21. The smallest absolute Gasteiger partial charge is 0.407 e. The summed E-state index contributed by atoms with van der Waals surface area (Å²) in [6, 6.07) is 16.2. The fraction of sp³-hybridized carbons (Fsp3) is 0.444. The molecule has 0 heterocycles.